The number of benzene rings is 2. The molecule has 16 heteroatoms. The van der Waals surface area contributed by atoms with E-state index in [1.165, 1.54) is 29.4 Å². The number of fused-ring (bicyclic) bond motifs is 1. The van der Waals surface area contributed by atoms with E-state index in [0.29, 0.717) is 24.8 Å². The first kappa shape index (κ1) is 66.5. The highest BCUT2D eigenvalue weighted by Crippen LogP contribution is 2.18. The third kappa shape index (κ3) is 48.1. The number of aromatic nitrogens is 1. The first-order chi connectivity index (χ1) is 28.4. The van der Waals surface area contributed by atoms with E-state index >= 15 is 0 Å². The van der Waals surface area contributed by atoms with Gasteiger partial charge in [0.1, 0.15) is 0 Å². The number of nitrogens with two attached hydrogens (primary N) is 8. The minimum Gasteiger partial charge on any atom is -0.395 e. The monoisotopic (exact) mass is 860 g/mol. The molecular weight excluding hydrogens is 767 g/mol. The van der Waals surface area contributed by atoms with Gasteiger partial charge in [-0.1, -0.05) is 96.5 Å². The molecule has 356 valence electrons. The van der Waals surface area contributed by atoms with Crippen LogP contribution in [0.2, 0.25) is 0 Å². The van der Waals surface area contributed by atoms with Crippen molar-refractivity contribution in [3.8, 4) is 0 Å². The van der Waals surface area contributed by atoms with E-state index in [9.17, 15) is 0 Å². The van der Waals surface area contributed by atoms with Gasteiger partial charge in [0.25, 0.3) is 0 Å². The van der Waals surface area contributed by atoms with E-state index in [4.69, 9.17) is 81.6 Å². The minimum atomic E-state index is -0.172. The van der Waals surface area contributed by atoms with E-state index in [2.05, 4.69) is 31.8 Å². The average Bonchev–Trinajstić information content (AvgIpc) is 3.66. The molecule has 0 aliphatic rings. The van der Waals surface area contributed by atoms with Crippen molar-refractivity contribution in [2.24, 2.45) is 57.7 Å². The van der Waals surface area contributed by atoms with Crippen LogP contribution in [0, 0.1) is 11.8 Å². The van der Waals surface area contributed by atoms with Crippen LogP contribution in [0.15, 0.2) is 60.8 Å². The van der Waals surface area contributed by atoms with Gasteiger partial charge in [0, 0.05) is 59.9 Å². The molecule has 3 aromatic rings. The summed E-state index contributed by atoms with van der Waals surface area (Å²) in [5.74, 6) is 0.988. The molecule has 24 N–H and O–H groups in total. The Kier molecular flexibility index (Phi) is 54.3. The quantitative estimate of drug-likeness (QED) is 0.0885. The van der Waals surface area contributed by atoms with Crippen LogP contribution >= 0.6 is 0 Å². The Morgan fingerprint density at radius 3 is 1.33 bits per heavy atom. The Balaban J connectivity index is -0.000000200. The van der Waals surface area contributed by atoms with Crippen LogP contribution in [-0.4, -0.2) is 136 Å². The molecule has 0 saturated carbocycles. The van der Waals surface area contributed by atoms with Crippen molar-refractivity contribution < 1.29 is 35.7 Å². The van der Waals surface area contributed by atoms with E-state index in [0.717, 1.165) is 31.3 Å². The van der Waals surface area contributed by atoms with E-state index in [-0.39, 0.29) is 82.5 Å². The molecule has 1 heterocycles. The predicted octanol–water partition coefficient (Wildman–Crippen LogP) is 0.617. The van der Waals surface area contributed by atoms with E-state index in [1.54, 1.807) is 6.92 Å². The first-order valence-corrected chi connectivity index (χ1v) is 21.2. The Morgan fingerprint density at radius 2 is 1.03 bits per heavy atom. The highest BCUT2D eigenvalue weighted by molar-refractivity contribution is 5.83. The number of para-hydroxylation sites is 1. The van der Waals surface area contributed by atoms with Gasteiger partial charge < -0.3 is 86.6 Å². The summed E-state index contributed by atoms with van der Waals surface area (Å²) < 4.78 is 0. The van der Waals surface area contributed by atoms with Crippen LogP contribution in [0.4, 0.5) is 0 Å². The molecule has 0 spiro atoms. The Hall–Kier alpha value is -2.62. The molecule has 0 bridgehead atoms. The molecular formula is C44H93N9O7. The van der Waals surface area contributed by atoms with Crippen molar-refractivity contribution >= 4 is 10.9 Å². The lowest BCUT2D eigenvalue weighted by atomic mass is 10.1. The van der Waals surface area contributed by atoms with Crippen molar-refractivity contribution in [2.45, 2.75) is 123 Å². The van der Waals surface area contributed by atoms with Crippen LogP contribution in [0.25, 0.3) is 10.9 Å². The third-order valence-corrected chi connectivity index (χ3v) is 7.78. The van der Waals surface area contributed by atoms with Crippen LogP contribution in [-0.2, 0) is 12.8 Å². The number of rotatable bonds is 17. The van der Waals surface area contributed by atoms with Gasteiger partial charge in [0.15, 0.2) is 0 Å². The van der Waals surface area contributed by atoms with Crippen molar-refractivity contribution in [2.75, 3.05) is 59.3 Å². The Morgan fingerprint density at radius 1 is 0.567 bits per heavy atom. The van der Waals surface area contributed by atoms with E-state index in [1.807, 2.05) is 75.5 Å². The number of hydrogen-bond donors (Lipinski definition) is 16. The molecule has 6 atom stereocenters. The standard InChI is InChI=1S/C11H14N2O.C9H13NO.C6H15NO.C5H13NO.C4H11NO.C4H11N.C3H9NO.C2H7NO/c12-9(7-14)5-8-6-13-11-4-2-1-3-10(8)11;10-9(7-11)6-8-4-2-1-3-5-8;1-5(2)3-6(7)4-8;1-4(2)5(6)3-7;1-2-4(5)3-6;1-2-3-4-5;1-3(4)2-5;3-1-2-4/h1-4,6,9,13-14H,5,7,12H2;1-5,9,11H,6-7,10H2;5-6,8H,3-4,7H2,1-2H3;4-5,7H,3,6H2,1-2H3;4,6H,2-3,5H2,1H3;2-5H2,1H3;3,5H,2,4H2,1H3;4H,1-3H2. The van der Waals surface area contributed by atoms with Gasteiger partial charge >= 0.3 is 0 Å². The Bertz CT molecular complexity index is 1220. The molecule has 0 saturated heterocycles. The predicted molar refractivity (Wildman–Crippen MR) is 253 cm³/mol. The second kappa shape index (κ2) is 49.0. The molecule has 6 unspecified atom stereocenters. The summed E-state index contributed by atoms with van der Waals surface area (Å²) in [7, 11) is 0. The molecule has 16 nitrogen and oxygen atoms in total. The number of unbranched alkanes of at least 4 members (excludes halogenated alkanes) is 1. The summed E-state index contributed by atoms with van der Waals surface area (Å²) in [4.78, 5) is 3.18. The second-order valence-corrected chi connectivity index (χ2v) is 15.0. The third-order valence-electron chi connectivity index (χ3n) is 7.78. The average molecular weight is 860 g/mol. The summed E-state index contributed by atoms with van der Waals surface area (Å²) >= 11 is 0. The van der Waals surface area contributed by atoms with Crippen LogP contribution < -0.4 is 45.9 Å². The van der Waals surface area contributed by atoms with Crippen LogP contribution in [0.3, 0.4) is 0 Å². The fourth-order valence-electron chi connectivity index (χ4n) is 3.85. The molecule has 1 aromatic heterocycles. The lowest BCUT2D eigenvalue weighted by molar-refractivity contribution is 0.238. The SMILES string of the molecule is CC(C)C(N)CO.CC(C)CC(N)CO.CC(N)CO.CCC(N)CO.CCCCN.NC(CO)Cc1c[nH]c2ccccc12.NC(CO)Cc1ccccc1.NCCO. The zero-order valence-electron chi connectivity index (χ0n) is 38.2. The molecule has 0 amide bonds. The molecule has 0 radical (unpaired) electrons. The van der Waals surface area contributed by atoms with Gasteiger partial charge in [-0.3, -0.25) is 0 Å². The first-order valence-electron chi connectivity index (χ1n) is 21.2. The molecule has 3 rings (SSSR count). The lowest BCUT2D eigenvalue weighted by Crippen LogP contribution is -2.29. The maximum atomic E-state index is 8.87. The van der Waals surface area contributed by atoms with Crippen molar-refractivity contribution in [1.82, 2.24) is 4.98 Å². The fourth-order valence-corrected chi connectivity index (χ4v) is 3.85. The molecule has 0 fully saturated rings. The molecule has 2 aromatic carbocycles. The van der Waals surface area contributed by atoms with Crippen molar-refractivity contribution in [3.63, 3.8) is 0 Å². The Labute approximate surface area is 363 Å². The molecule has 0 aliphatic heterocycles. The van der Waals surface area contributed by atoms with Crippen LogP contribution in [0.1, 0.15) is 85.3 Å². The summed E-state index contributed by atoms with van der Waals surface area (Å²) in [6.07, 6.45) is 7.57. The van der Waals surface area contributed by atoms with Gasteiger partial charge in [-0.2, -0.15) is 0 Å². The van der Waals surface area contributed by atoms with Crippen LogP contribution in [0.5, 0.6) is 0 Å². The number of H-pyrrole nitrogens is 1. The summed E-state index contributed by atoms with van der Waals surface area (Å²) in [6, 6.07) is 17.6. The van der Waals surface area contributed by atoms with Crippen molar-refractivity contribution in [1.29, 1.82) is 0 Å². The summed E-state index contributed by atoms with van der Waals surface area (Å²) in [5, 5.41) is 59.5. The number of aliphatic hydroxyl groups excluding tert-OH is 7. The molecule has 0 aliphatic carbocycles. The minimum absolute atomic E-state index is 0.00926. The lowest BCUT2D eigenvalue weighted by Gasteiger charge is -2.10. The van der Waals surface area contributed by atoms with Gasteiger partial charge in [-0.05, 0) is 74.6 Å². The van der Waals surface area contributed by atoms with Gasteiger partial charge in [0.2, 0.25) is 0 Å². The topological polar surface area (TPSA) is 366 Å². The van der Waals surface area contributed by atoms with E-state index < -0.39 is 0 Å². The second-order valence-electron chi connectivity index (χ2n) is 15.0. The highest BCUT2D eigenvalue weighted by Gasteiger charge is 2.07. The number of aromatic amines is 1. The smallest absolute Gasteiger partial charge is 0.0585 e. The summed E-state index contributed by atoms with van der Waals surface area (Å²) in [5.41, 5.74) is 45.7. The van der Waals surface area contributed by atoms with Gasteiger partial charge in [0.05, 0.1) is 46.2 Å². The molecule has 60 heavy (non-hydrogen) atoms. The number of nitrogens with one attached hydrogen (secondary N) is 1. The fraction of sp³-hybridized carbons (Fsp3) is 0.682. The van der Waals surface area contributed by atoms with Gasteiger partial charge in [-0.25, -0.2) is 0 Å². The van der Waals surface area contributed by atoms with Crippen molar-refractivity contribution in [3.05, 3.63) is 71.9 Å². The zero-order chi connectivity index (χ0) is 47.3. The summed E-state index contributed by atoms with van der Waals surface area (Å²) in [6.45, 7) is 15.8. The highest BCUT2D eigenvalue weighted by atomic mass is 16.3. The largest absolute Gasteiger partial charge is 0.395 e. The number of hydrogen-bond acceptors (Lipinski definition) is 15. The number of aliphatic hydroxyl groups is 7. The van der Waals surface area contributed by atoms with Gasteiger partial charge in [-0.15, -0.1) is 0 Å². The maximum Gasteiger partial charge on any atom is 0.0585 e. The maximum absolute atomic E-state index is 8.87. The zero-order valence-corrected chi connectivity index (χ0v) is 38.2. The normalized spacial score (nSPS) is 13.1.